The predicted molar refractivity (Wildman–Crippen MR) is 93.6 cm³/mol. The van der Waals surface area contributed by atoms with Crippen molar-refractivity contribution in [3.8, 4) is 0 Å². The van der Waals surface area contributed by atoms with E-state index in [4.69, 9.17) is 5.11 Å². The molecule has 2 aromatic rings. The molecule has 1 N–H and O–H groups in total. The summed E-state index contributed by atoms with van der Waals surface area (Å²) >= 11 is 0. The van der Waals surface area contributed by atoms with Crippen LogP contribution in [0.2, 0.25) is 0 Å². The zero-order valence-corrected chi connectivity index (χ0v) is 13.8. The number of aryl methyl sites for hydroxylation is 2. The number of aromatic nitrogens is 2. The van der Waals surface area contributed by atoms with E-state index >= 15 is 0 Å². The van der Waals surface area contributed by atoms with Crippen LogP contribution in [-0.2, 0) is 24.3 Å². The average Bonchev–Trinajstić information content (AvgIpc) is 2.86. The van der Waals surface area contributed by atoms with Crippen LogP contribution in [0.1, 0.15) is 29.8 Å². The van der Waals surface area contributed by atoms with Gasteiger partial charge in [0.1, 0.15) is 0 Å². The monoisotopic (exact) mass is 325 g/mol. The molecule has 0 aliphatic carbocycles. The number of carboxylic acid groups (broad SMARTS) is 1. The lowest BCUT2D eigenvalue weighted by atomic mass is 10.2. The second-order valence-electron chi connectivity index (χ2n) is 6.15. The number of nitrogens with zero attached hydrogens (tertiary/aromatic N) is 3. The van der Waals surface area contributed by atoms with E-state index in [1.54, 1.807) is 0 Å². The van der Waals surface area contributed by atoms with Gasteiger partial charge in [0.25, 0.3) is 0 Å². The Labute approximate surface area is 142 Å². The molecule has 5 heteroatoms. The normalized spacial score (nSPS) is 15.3. The molecule has 1 aliphatic heterocycles. The van der Waals surface area contributed by atoms with Crippen LogP contribution in [0.25, 0.3) is 6.08 Å². The lowest BCUT2D eigenvalue weighted by Gasteiger charge is -2.17. The van der Waals surface area contributed by atoms with E-state index in [0.717, 1.165) is 38.3 Å². The SMILES string of the molecule is O=C(O)CCc1cc2n(n1)CCCN(C/C=C/c1ccccc1)C2. The molecule has 0 radical (unpaired) electrons. The molecule has 3 rings (SSSR count). The number of hydrogen-bond donors (Lipinski definition) is 1. The Kier molecular flexibility index (Phi) is 5.43. The molecule has 5 nitrogen and oxygen atoms in total. The van der Waals surface area contributed by atoms with Gasteiger partial charge in [-0.05, 0) is 18.1 Å². The molecule has 1 aromatic carbocycles. The largest absolute Gasteiger partial charge is 0.481 e. The van der Waals surface area contributed by atoms with E-state index in [-0.39, 0.29) is 6.42 Å². The highest BCUT2D eigenvalue weighted by atomic mass is 16.4. The zero-order valence-electron chi connectivity index (χ0n) is 13.8. The summed E-state index contributed by atoms with van der Waals surface area (Å²) in [6.07, 6.45) is 6.06. The van der Waals surface area contributed by atoms with Gasteiger partial charge in [-0.3, -0.25) is 14.4 Å². The highest BCUT2D eigenvalue weighted by molar-refractivity contribution is 5.66. The molecule has 0 spiro atoms. The summed E-state index contributed by atoms with van der Waals surface area (Å²) in [6, 6.07) is 12.4. The van der Waals surface area contributed by atoms with Gasteiger partial charge in [0.05, 0.1) is 17.8 Å². The van der Waals surface area contributed by atoms with E-state index < -0.39 is 5.97 Å². The molecule has 24 heavy (non-hydrogen) atoms. The third kappa shape index (κ3) is 4.55. The number of hydrogen-bond acceptors (Lipinski definition) is 3. The van der Waals surface area contributed by atoms with Crippen LogP contribution in [0.3, 0.4) is 0 Å². The number of carbonyl (C=O) groups is 1. The number of carboxylic acids is 1. The van der Waals surface area contributed by atoms with E-state index in [1.165, 1.54) is 11.3 Å². The van der Waals surface area contributed by atoms with Crippen LogP contribution in [0.5, 0.6) is 0 Å². The van der Waals surface area contributed by atoms with Gasteiger partial charge in [-0.25, -0.2) is 0 Å². The van der Waals surface area contributed by atoms with Crippen molar-refractivity contribution in [3.05, 3.63) is 59.4 Å². The van der Waals surface area contributed by atoms with Crippen molar-refractivity contribution in [2.45, 2.75) is 32.4 Å². The summed E-state index contributed by atoms with van der Waals surface area (Å²) in [5.74, 6) is -0.772. The molecule has 1 aromatic heterocycles. The second-order valence-corrected chi connectivity index (χ2v) is 6.15. The lowest BCUT2D eigenvalue weighted by molar-refractivity contribution is -0.136. The quantitative estimate of drug-likeness (QED) is 0.887. The first-order chi connectivity index (χ1) is 11.7. The van der Waals surface area contributed by atoms with Crippen LogP contribution in [0.4, 0.5) is 0 Å². The van der Waals surface area contributed by atoms with E-state index in [0.29, 0.717) is 6.42 Å². The Morgan fingerprint density at radius 3 is 2.88 bits per heavy atom. The van der Waals surface area contributed by atoms with Crippen molar-refractivity contribution in [3.63, 3.8) is 0 Å². The fourth-order valence-corrected chi connectivity index (χ4v) is 3.00. The van der Waals surface area contributed by atoms with Crippen molar-refractivity contribution in [1.82, 2.24) is 14.7 Å². The maximum atomic E-state index is 10.7. The van der Waals surface area contributed by atoms with Crippen LogP contribution in [-0.4, -0.2) is 38.8 Å². The third-order valence-electron chi connectivity index (χ3n) is 4.21. The van der Waals surface area contributed by atoms with Gasteiger partial charge >= 0.3 is 5.97 Å². The average molecular weight is 325 g/mol. The molecule has 0 saturated heterocycles. The standard InChI is InChI=1S/C19H23N3O2/c23-19(24)10-9-17-14-18-15-21(12-5-13-22(18)20-17)11-4-8-16-6-2-1-3-7-16/h1-4,6-8,14H,5,9-13,15H2,(H,23,24)/b8-4+. The molecule has 2 heterocycles. The molecule has 126 valence electrons. The van der Waals surface area contributed by atoms with E-state index in [2.05, 4.69) is 40.3 Å². The third-order valence-corrected chi connectivity index (χ3v) is 4.21. The summed E-state index contributed by atoms with van der Waals surface area (Å²) in [5, 5.41) is 13.4. The van der Waals surface area contributed by atoms with Gasteiger partial charge in [0.15, 0.2) is 0 Å². The Balaban J connectivity index is 1.59. The topological polar surface area (TPSA) is 58.4 Å². The molecule has 0 atom stereocenters. The number of fused-ring (bicyclic) bond motifs is 1. The van der Waals surface area contributed by atoms with Gasteiger partial charge in [0.2, 0.25) is 0 Å². The fourth-order valence-electron chi connectivity index (χ4n) is 3.00. The van der Waals surface area contributed by atoms with Crippen LogP contribution in [0, 0.1) is 0 Å². The Bertz CT molecular complexity index is 707. The minimum absolute atomic E-state index is 0.139. The number of aliphatic carboxylic acids is 1. The van der Waals surface area contributed by atoms with Crippen LogP contribution in [0.15, 0.2) is 42.5 Å². The maximum Gasteiger partial charge on any atom is 0.303 e. The highest BCUT2D eigenvalue weighted by Gasteiger charge is 2.16. The van der Waals surface area contributed by atoms with Crippen LogP contribution < -0.4 is 0 Å². The van der Waals surface area contributed by atoms with Gasteiger partial charge in [-0.2, -0.15) is 5.10 Å². The smallest absolute Gasteiger partial charge is 0.303 e. The Hall–Kier alpha value is -2.40. The minimum Gasteiger partial charge on any atom is -0.481 e. The first-order valence-electron chi connectivity index (χ1n) is 8.42. The Morgan fingerprint density at radius 2 is 2.08 bits per heavy atom. The molecular formula is C19H23N3O2. The maximum absolute atomic E-state index is 10.7. The number of rotatable bonds is 6. The first-order valence-corrected chi connectivity index (χ1v) is 8.42. The van der Waals surface area contributed by atoms with Crippen LogP contribution >= 0.6 is 0 Å². The molecule has 0 amide bonds. The van der Waals surface area contributed by atoms with Crippen molar-refractivity contribution < 1.29 is 9.90 Å². The molecule has 0 fully saturated rings. The number of benzene rings is 1. The van der Waals surface area contributed by atoms with Crippen molar-refractivity contribution in [2.75, 3.05) is 13.1 Å². The van der Waals surface area contributed by atoms with Gasteiger partial charge in [0, 0.05) is 32.6 Å². The van der Waals surface area contributed by atoms with Gasteiger partial charge < -0.3 is 5.11 Å². The second kappa shape index (κ2) is 7.93. The van der Waals surface area contributed by atoms with Crippen molar-refractivity contribution >= 4 is 12.0 Å². The molecular weight excluding hydrogens is 302 g/mol. The summed E-state index contributed by atoms with van der Waals surface area (Å²) in [6.45, 7) is 3.72. The van der Waals surface area contributed by atoms with E-state index in [1.807, 2.05) is 22.9 Å². The summed E-state index contributed by atoms with van der Waals surface area (Å²) in [7, 11) is 0. The molecule has 1 aliphatic rings. The molecule has 0 bridgehead atoms. The van der Waals surface area contributed by atoms with E-state index in [9.17, 15) is 4.79 Å². The molecule has 0 unspecified atom stereocenters. The van der Waals surface area contributed by atoms with Crippen molar-refractivity contribution in [1.29, 1.82) is 0 Å². The predicted octanol–water partition coefficient (Wildman–Crippen LogP) is 2.82. The van der Waals surface area contributed by atoms with Gasteiger partial charge in [-0.1, -0.05) is 42.5 Å². The fraction of sp³-hybridized carbons (Fsp3) is 0.368. The zero-order chi connectivity index (χ0) is 16.8. The summed E-state index contributed by atoms with van der Waals surface area (Å²) < 4.78 is 2.04. The highest BCUT2D eigenvalue weighted by Crippen LogP contribution is 2.15. The lowest BCUT2D eigenvalue weighted by Crippen LogP contribution is -2.23. The summed E-state index contributed by atoms with van der Waals surface area (Å²) in [5.41, 5.74) is 3.28. The van der Waals surface area contributed by atoms with Crippen molar-refractivity contribution in [2.24, 2.45) is 0 Å². The summed E-state index contributed by atoms with van der Waals surface area (Å²) in [4.78, 5) is 13.1. The minimum atomic E-state index is -0.772. The van der Waals surface area contributed by atoms with Gasteiger partial charge in [-0.15, -0.1) is 0 Å². The Morgan fingerprint density at radius 1 is 1.25 bits per heavy atom. The first kappa shape index (κ1) is 16.5. The molecule has 0 saturated carbocycles.